The van der Waals surface area contributed by atoms with Crippen molar-refractivity contribution in [2.24, 2.45) is 5.92 Å². The highest BCUT2D eigenvalue weighted by atomic mass is 16.5. The molecular formula is C23H25N3O. The second-order valence-electron chi connectivity index (χ2n) is 7.21. The standard InChI is InChI=1S/C23H25N3O/c1-15(2)22(23-25-19-10-6-7-11-20(19)26-23)24-14-18-17-9-5-4-8-16(17)12-13-21(18)27-3/h4-13,15,22,24H,14H2,1-3H3,(H,25,26). The number of ether oxygens (including phenoxy) is 1. The Hall–Kier alpha value is -2.85. The van der Waals surface area contributed by atoms with E-state index in [-0.39, 0.29) is 6.04 Å². The normalized spacial score (nSPS) is 12.7. The first kappa shape index (κ1) is 17.6. The van der Waals surface area contributed by atoms with E-state index in [1.54, 1.807) is 7.11 Å². The van der Waals surface area contributed by atoms with Gasteiger partial charge < -0.3 is 15.0 Å². The summed E-state index contributed by atoms with van der Waals surface area (Å²) in [5, 5.41) is 6.15. The zero-order chi connectivity index (χ0) is 18.8. The number of hydrogen-bond acceptors (Lipinski definition) is 3. The summed E-state index contributed by atoms with van der Waals surface area (Å²) in [7, 11) is 1.73. The highest BCUT2D eigenvalue weighted by Crippen LogP contribution is 2.29. The van der Waals surface area contributed by atoms with Crippen molar-refractivity contribution in [2.75, 3.05) is 7.11 Å². The fourth-order valence-corrected chi connectivity index (χ4v) is 3.67. The molecule has 0 amide bonds. The van der Waals surface area contributed by atoms with E-state index in [0.29, 0.717) is 12.5 Å². The molecule has 0 fully saturated rings. The molecule has 2 N–H and O–H groups in total. The molecule has 4 rings (SSSR count). The van der Waals surface area contributed by atoms with Gasteiger partial charge >= 0.3 is 0 Å². The van der Waals surface area contributed by atoms with Gasteiger partial charge in [-0.15, -0.1) is 0 Å². The molecule has 1 aromatic heterocycles. The molecule has 0 aliphatic rings. The summed E-state index contributed by atoms with van der Waals surface area (Å²) in [6.07, 6.45) is 0. The van der Waals surface area contributed by atoms with Crippen molar-refractivity contribution in [2.45, 2.75) is 26.4 Å². The molecule has 138 valence electrons. The predicted octanol–water partition coefficient (Wildman–Crippen LogP) is 5.21. The SMILES string of the molecule is COc1ccc2ccccc2c1CNC(c1nc2ccccc2[nH]1)C(C)C. The third kappa shape index (κ3) is 3.40. The Morgan fingerprint density at radius 3 is 2.56 bits per heavy atom. The van der Waals surface area contributed by atoms with Crippen molar-refractivity contribution >= 4 is 21.8 Å². The topological polar surface area (TPSA) is 49.9 Å². The Balaban J connectivity index is 1.67. The quantitative estimate of drug-likeness (QED) is 0.497. The van der Waals surface area contributed by atoms with Crippen LogP contribution in [0, 0.1) is 5.92 Å². The van der Waals surface area contributed by atoms with Gasteiger partial charge in [0.1, 0.15) is 11.6 Å². The maximum Gasteiger partial charge on any atom is 0.124 e. The van der Waals surface area contributed by atoms with Crippen LogP contribution in [0.15, 0.2) is 60.7 Å². The van der Waals surface area contributed by atoms with E-state index in [1.807, 2.05) is 24.3 Å². The summed E-state index contributed by atoms with van der Waals surface area (Å²) < 4.78 is 5.64. The van der Waals surface area contributed by atoms with Crippen LogP contribution in [0.1, 0.15) is 31.3 Å². The molecule has 1 unspecified atom stereocenters. The van der Waals surface area contributed by atoms with Crippen LogP contribution in [-0.4, -0.2) is 17.1 Å². The molecule has 3 aromatic carbocycles. The Morgan fingerprint density at radius 1 is 1.00 bits per heavy atom. The molecular weight excluding hydrogens is 334 g/mol. The molecule has 0 saturated carbocycles. The van der Waals surface area contributed by atoms with Crippen molar-refractivity contribution in [1.29, 1.82) is 0 Å². The van der Waals surface area contributed by atoms with E-state index in [9.17, 15) is 0 Å². The number of para-hydroxylation sites is 2. The van der Waals surface area contributed by atoms with Gasteiger partial charge in [-0.05, 0) is 34.9 Å². The minimum atomic E-state index is 0.126. The van der Waals surface area contributed by atoms with Gasteiger partial charge in [-0.2, -0.15) is 0 Å². The average molecular weight is 359 g/mol. The number of methoxy groups -OCH3 is 1. The Labute approximate surface area is 159 Å². The predicted molar refractivity (Wildman–Crippen MR) is 111 cm³/mol. The number of nitrogens with zero attached hydrogens (tertiary/aromatic N) is 1. The Bertz CT molecular complexity index is 1030. The molecule has 0 saturated heterocycles. The molecule has 0 spiro atoms. The van der Waals surface area contributed by atoms with Crippen LogP contribution in [0.25, 0.3) is 21.8 Å². The zero-order valence-corrected chi connectivity index (χ0v) is 16.0. The first-order valence-electron chi connectivity index (χ1n) is 9.40. The largest absolute Gasteiger partial charge is 0.496 e. The summed E-state index contributed by atoms with van der Waals surface area (Å²) in [6, 6.07) is 20.9. The van der Waals surface area contributed by atoms with Crippen LogP contribution in [0.4, 0.5) is 0 Å². The van der Waals surface area contributed by atoms with Crippen molar-refractivity contribution in [3.8, 4) is 5.75 Å². The van der Waals surface area contributed by atoms with Crippen LogP contribution in [0.5, 0.6) is 5.75 Å². The number of nitrogens with one attached hydrogen (secondary N) is 2. The second-order valence-corrected chi connectivity index (χ2v) is 7.21. The van der Waals surface area contributed by atoms with Crippen molar-refractivity contribution in [3.05, 3.63) is 72.1 Å². The van der Waals surface area contributed by atoms with Gasteiger partial charge in [-0.25, -0.2) is 4.98 Å². The van der Waals surface area contributed by atoms with Gasteiger partial charge in [-0.3, -0.25) is 0 Å². The molecule has 0 aliphatic heterocycles. The third-order valence-corrected chi connectivity index (χ3v) is 5.09. The van der Waals surface area contributed by atoms with Crippen LogP contribution < -0.4 is 10.1 Å². The van der Waals surface area contributed by atoms with Crippen molar-refractivity contribution in [3.63, 3.8) is 0 Å². The summed E-state index contributed by atoms with van der Waals surface area (Å²) in [6.45, 7) is 5.14. The molecule has 0 bridgehead atoms. The average Bonchev–Trinajstić information content (AvgIpc) is 3.11. The van der Waals surface area contributed by atoms with Crippen LogP contribution >= 0.6 is 0 Å². The fraction of sp³-hybridized carbons (Fsp3) is 0.261. The van der Waals surface area contributed by atoms with Gasteiger partial charge in [0.05, 0.1) is 24.2 Å². The van der Waals surface area contributed by atoms with E-state index in [1.165, 1.54) is 16.3 Å². The zero-order valence-electron chi connectivity index (χ0n) is 16.0. The minimum Gasteiger partial charge on any atom is -0.496 e. The number of imidazole rings is 1. The van der Waals surface area contributed by atoms with Gasteiger partial charge in [0.25, 0.3) is 0 Å². The molecule has 1 heterocycles. The number of aromatic amines is 1. The number of rotatable bonds is 6. The highest BCUT2D eigenvalue weighted by molar-refractivity contribution is 5.87. The lowest BCUT2D eigenvalue weighted by Crippen LogP contribution is -2.26. The minimum absolute atomic E-state index is 0.126. The van der Waals surface area contributed by atoms with Crippen molar-refractivity contribution < 1.29 is 4.74 Å². The van der Waals surface area contributed by atoms with Crippen LogP contribution in [-0.2, 0) is 6.54 Å². The van der Waals surface area contributed by atoms with E-state index in [2.05, 4.69) is 60.5 Å². The molecule has 4 nitrogen and oxygen atoms in total. The lowest BCUT2D eigenvalue weighted by atomic mass is 10.0. The van der Waals surface area contributed by atoms with E-state index in [4.69, 9.17) is 9.72 Å². The number of hydrogen-bond donors (Lipinski definition) is 2. The van der Waals surface area contributed by atoms with E-state index in [0.717, 1.165) is 22.6 Å². The summed E-state index contributed by atoms with van der Waals surface area (Å²) >= 11 is 0. The summed E-state index contributed by atoms with van der Waals surface area (Å²) in [5.74, 6) is 2.28. The van der Waals surface area contributed by atoms with Gasteiger partial charge in [0, 0.05) is 12.1 Å². The lowest BCUT2D eigenvalue weighted by Gasteiger charge is -2.22. The smallest absolute Gasteiger partial charge is 0.124 e. The monoisotopic (exact) mass is 359 g/mol. The first-order chi connectivity index (χ1) is 13.2. The molecule has 4 heteroatoms. The molecule has 27 heavy (non-hydrogen) atoms. The summed E-state index contributed by atoms with van der Waals surface area (Å²) in [5.41, 5.74) is 3.25. The van der Waals surface area contributed by atoms with Gasteiger partial charge in [0.15, 0.2) is 0 Å². The van der Waals surface area contributed by atoms with Gasteiger partial charge in [0.2, 0.25) is 0 Å². The molecule has 4 aromatic rings. The lowest BCUT2D eigenvalue weighted by molar-refractivity contribution is 0.382. The number of fused-ring (bicyclic) bond motifs is 2. The maximum absolute atomic E-state index is 5.64. The molecule has 0 radical (unpaired) electrons. The van der Waals surface area contributed by atoms with Gasteiger partial charge in [-0.1, -0.05) is 56.3 Å². The Morgan fingerprint density at radius 2 is 1.78 bits per heavy atom. The highest BCUT2D eigenvalue weighted by Gasteiger charge is 2.20. The van der Waals surface area contributed by atoms with Crippen molar-refractivity contribution in [1.82, 2.24) is 15.3 Å². The Kier molecular flexibility index (Phi) is 4.82. The fourth-order valence-electron chi connectivity index (χ4n) is 3.67. The first-order valence-corrected chi connectivity index (χ1v) is 9.40. The van der Waals surface area contributed by atoms with Crippen LogP contribution in [0.3, 0.4) is 0 Å². The van der Waals surface area contributed by atoms with Crippen LogP contribution in [0.2, 0.25) is 0 Å². The molecule has 0 aliphatic carbocycles. The molecule has 1 atom stereocenters. The van der Waals surface area contributed by atoms with E-state index >= 15 is 0 Å². The van der Waals surface area contributed by atoms with E-state index < -0.39 is 0 Å². The maximum atomic E-state index is 5.64. The number of aromatic nitrogens is 2. The second kappa shape index (κ2) is 7.41. The summed E-state index contributed by atoms with van der Waals surface area (Å²) in [4.78, 5) is 8.28. The number of H-pyrrole nitrogens is 1. The number of benzene rings is 3. The third-order valence-electron chi connectivity index (χ3n) is 5.09.